The van der Waals surface area contributed by atoms with Crippen LogP contribution in [-0.4, -0.2) is 23.9 Å². The lowest BCUT2D eigenvalue weighted by Crippen LogP contribution is -2.43. The second-order valence-corrected chi connectivity index (χ2v) is 5.61. The summed E-state index contributed by atoms with van der Waals surface area (Å²) < 4.78 is 5.37. The molecule has 0 spiro atoms. The molecule has 0 aromatic carbocycles. The monoisotopic (exact) mass is 214 g/mol. The van der Waals surface area contributed by atoms with Crippen molar-refractivity contribution in [3.8, 4) is 0 Å². The molecule has 0 amide bonds. The van der Waals surface area contributed by atoms with Gasteiger partial charge in [-0.2, -0.15) is 0 Å². The van der Waals surface area contributed by atoms with E-state index in [0.29, 0.717) is 19.1 Å². The molecule has 1 N–H and O–H groups in total. The highest BCUT2D eigenvalue weighted by molar-refractivity contribution is 4.87. The molecule has 0 heterocycles. The summed E-state index contributed by atoms with van der Waals surface area (Å²) in [5, 5.41) is 10.4. The third-order valence-electron chi connectivity index (χ3n) is 3.66. The van der Waals surface area contributed by atoms with Crippen LogP contribution in [0.5, 0.6) is 0 Å². The molecule has 2 nitrogen and oxygen atoms in total. The van der Waals surface area contributed by atoms with Crippen LogP contribution in [0.15, 0.2) is 0 Å². The molecule has 1 aliphatic rings. The molecule has 0 saturated heterocycles. The summed E-state index contributed by atoms with van der Waals surface area (Å²) in [6, 6.07) is 0. The van der Waals surface area contributed by atoms with E-state index in [1.807, 2.05) is 13.8 Å². The Kier molecular flexibility index (Phi) is 4.60. The normalized spacial score (nSPS) is 36.2. The van der Waals surface area contributed by atoms with Gasteiger partial charge < -0.3 is 9.84 Å². The first-order valence-electron chi connectivity index (χ1n) is 6.25. The summed E-state index contributed by atoms with van der Waals surface area (Å²) in [6.45, 7) is 9.65. The maximum Gasteiger partial charge on any atom is 0.0880 e. The molecule has 0 aromatic rings. The summed E-state index contributed by atoms with van der Waals surface area (Å²) in [4.78, 5) is 0. The Hall–Kier alpha value is -0.0800. The Morgan fingerprint density at radius 1 is 1.20 bits per heavy atom. The largest absolute Gasteiger partial charge is 0.387 e. The van der Waals surface area contributed by atoms with E-state index in [9.17, 15) is 5.11 Å². The van der Waals surface area contributed by atoms with E-state index in [1.54, 1.807) is 0 Å². The van der Waals surface area contributed by atoms with Gasteiger partial charge in [0.25, 0.3) is 0 Å². The molecule has 1 fully saturated rings. The fourth-order valence-electron chi connectivity index (χ4n) is 2.88. The number of rotatable bonds is 4. The fraction of sp³-hybridized carbons (Fsp3) is 1.00. The van der Waals surface area contributed by atoms with Gasteiger partial charge in [-0.3, -0.25) is 0 Å². The molecule has 0 aliphatic heterocycles. The predicted octanol–water partition coefficient (Wildman–Crippen LogP) is 2.85. The van der Waals surface area contributed by atoms with Gasteiger partial charge in [0.05, 0.1) is 12.2 Å². The van der Waals surface area contributed by atoms with Crippen LogP contribution in [-0.2, 0) is 4.74 Å². The zero-order chi connectivity index (χ0) is 11.5. The van der Waals surface area contributed by atoms with Gasteiger partial charge >= 0.3 is 0 Å². The molecule has 1 rings (SSSR count). The summed E-state index contributed by atoms with van der Waals surface area (Å²) in [6.07, 6.45) is 3.59. The molecule has 1 aliphatic carbocycles. The van der Waals surface area contributed by atoms with Gasteiger partial charge in [0.1, 0.15) is 0 Å². The van der Waals surface area contributed by atoms with Crippen molar-refractivity contribution in [2.75, 3.05) is 13.2 Å². The van der Waals surface area contributed by atoms with Gasteiger partial charge in [0.15, 0.2) is 0 Å². The van der Waals surface area contributed by atoms with Crippen LogP contribution in [0.25, 0.3) is 0 Å². The zero-order valence-electron chi connectivity index (χ0n) is 10.6. The summed E-state index contributed by atoms with van der Waals surface area (Å²) in [5.74, 6) is 1.89. The minimum atomic E-state index is -0.640. The van der Waals surface area contributed by atoms with E-state index < -0.39 is 5.60 Å². The Morgan fingerprint density at radius 3 is 2.20 bits per heavy atom. The molecular weight excluding hydrogens is 188 g/mol. The second-order valence-electron chi connectivity index (χ2n) is 5.61. The molecule has 1 saturated carbocycles. The molecule has 90 valence electrons. The first kappa shape index (κ1) is 13.0. The van der Waals surface area contributed by atoms with Crippen LogP contribution in [0.4, 0.5) is 0 Å². The summed E-state index contributed by atoms with van der Waals surface area (Å²) in [5.41, 5.74) is -0.640. The molecule has 2 heteroatoms. The highest BCUT2D eigenvalue weighted by Crippen LogP contribution is 2.38. The van der Waals surface area contributed by atoms with Crippen LogP contribution < -0.4 is 0 Å². The fourth-order valence-corrected chi connectivity index (χ4v) is 2.88. The van der Waals surface area contributed by atoms with Crippen molar-refractivity contribution >= 4 is 0 Å². The maximum absolute atomic E-state index is 10.4. The van der Waals surface area contributed by atoms with Crippen LogP contribution >= 0.6 is 0 Å². The molecule has 0 bridgehead atoms. The third-order valence-corrected chi connectivity index (χ3v) is 3.66. The standard InChI is InChI=1S/C13H26O2/c1-5-15-9-13(4,14)12-7-10(2)6-11(3)8-12/h10-12,14H,5-9H2,1-4H3. The minimum Gasteiger partial charge on any atom is -0.387 e. The lowest BCUT2D eigenvalue weighted by molar-refractivity contribution is -0.0886. The number of hydrogen-bond acceptors (Lipinski definition) is 2. The predicted molar refractivity (Wildman–Crippen MR) is 62.8 cm³/mol. The Balaban J connectivity index is 2.52. The van der Waals surface area contributed by atoms with Crippen LogP contribution in [0, 0.1) is 17.8 Å². The maximum atomic E-state index is 10.4. The van der Waals surface area contributed by atoms with E-state index in [-0.39, 0.29) is 0 Å². The van der Waals surface area contributed by atoms with Crippen molar-refractivity contribution < 1.29 is 9.84 Å². The van der Waals surface area contributed by atoms with Crippen molar-refractivity contribution in [2.45, 2.75) is 52.6 Å². The molecule has 15 heavy (non-hydrogen) atoms. The smallest absolute Gasteiger partial charge is 0.0880 e. The lowest BCUT2D eigenvalue weighted by Gasteiger charge is -2.40. The molecule has 3 atom stereocenters. The minimum absolute atomic E-state index is 0.405. The number of ether oxygens (including phenoxy) is 1. The van der Waals surface area contributed by atoms with Crippen molar-refractivity contribution in [3.63, 3.8) is 0 Å². The highest BCUT2D eigenvalue weighted by Gasteiger charge is 2.36. The average molecular weight is 214 g/mol. The lowest BCUT2D eigenvalue weighted by atomic mass is 9.70. The quantitative estimate of drug-likeness (QED) is 0.779. The Labute approximate surface area is 94.0 Å². The van der Waals surface area contributed by atoms with Gasteiger partial charge in [-0.05, 0) is 50.9 Å². The first-order valence-corrected chi connectivity index (χ1v) is 6.25. The van der Waals surface area contributed by atoms with Gasteiger partial charge in [-0.15, -0.1) is 0 Å². The molecule has 0 radical (unpaired) electrons. The topological polar surface area (TPSA) is 29.5 Å². The van der Waals surface area contributed by atoms with Crippen molar-refractivity contribution in [3.05, 3.63) is 0 Å². The van der Waals surface area contributed by atoms with E-state index in [1.165, 1.54) is 6.42 Å². The third kappa shape index (κ3) is 3.76. The SMILES string of the molecule is CCOCC(C)(O)C1CC(C)CC(C)C1. The molecular formula is C13H26O2. The summed E-state index contributed by atoms with van der Waals surface area (Å²) >= 11 is 0. The first-order chi connectivity index (χ1) is 6.95. The second kappa shape index (κ2) is 5.31. The highest BCUT2D eigenvalue weighted by atomic mass is 16.5. The summed E-state index contributed by atoms with van der Waals surface area (Å²) in [7, 11) is 0. The number of hydrogen-bond donors (Lipinski definition) is 1. The van der Waals surface area contributed by atoms with E-state index in [0.717, 1.165) is 24.7 Å². The number of aliphatic hydroxyl groups is 1. The van der Waals surface area contributed by atoms with Crippen molar-refractivity contribution in [1.29, 1.82) is 0 Å². The van der Waals surface area contributed by atoms with E-state index in [4.69, 9.17) is 4.74 Å². The van der Waals surface area contributed by atoms with Crippen LogP contribution in [0.3, 0.4) is 0 Å². The Bertz CT molecular complexity index is 179. The van der Waals surface area contributed by atoms with Gasteiger partial charge in [-0.25, -0.2) is 0 Å². The van der Waals surface area contributed by atoms with E-state index in [2.05, 4.69) is 13.8 Å². The van der Waals surface area contributed by atoms with Crippen molar-refractivity contribution in [2.24, 2.45) is 17.8 Å². The van der Waals surface area contributed by atoms with Gasteiger partial charge in [0.2, 0.25) is 0 Å². The average Bonchev–Trinajstić information content (AvgIpc) is 2.13. The van der Waals surface area contributed by atoms with Gasteiger partial charge in [-0.1, -0.05) is 13.8 Å². The molecule has 3 unspecified atom stereocenters. The van der Waals surface area contributed by atoms with Crippen molar-refractivity contribution in [1.82, 2.24) is 0 Å². The van der Waals surface area contributed by atoms with Crippen LogP contribution in [0.2, 0.25) is 0 Å². The molecule has 0 aromatic heterocycles. The van der Waals surface area contributed by atoms with Gasteiger partial charge in [0, 0.05) is 6.61 Å². The van der Waals surface area contributed by atoms with Crippen LogP contribution in [0.1, 0.15) is 47.0 Å². The van der Waals surface area contributed by atoms with E-state index >= 15 is 0 Å². The Morgan fingerprint density at radius 2 is 1.73 bits per heavy atom. The zero-order valence-corrected chi connectivity index (χ0v) is 10.6.